The first-order chi connectivity index (χ1) is 14.2. The highest BCUT2D eigenvalue weighted by Crippen LogP contribution is 2.32. The van der Waals surface area contributed by atoms with E-state index >= 15 is 0 Å². The van der Waals surface area contributed by atoms with Crippen LogP contribution in [0.5, 0.6) is 0 Å². The predicted octanol–water partition coefficient (Wildman–Crippen LogP) is 5.97. The summed E-state index contributed by atoms with van der Waals surface area (Å²) in [6.45, 7) is 12.9. The third-order valence-corrected chi connectivity index (χ3v) is 6.19. The van der Waals surface area contributed by atoms with Gasteiger partial charge >= 0.3 is 0 Å². The van der Waals surface area contributed by atoms with Crippen LogP contribution in [0.4, 0.5) is 0 Å². The van der Waals surface area contributed by atoms with Crippen LogP contribution in [-0.2, 0) is 27.3 Å². The second kappa shape index (κ2) is 11.9. The molecule has 0 aromatic heterocycles. The Hall–Kier alpha value is -1.27. The summed E-state index contributed by atoms with van der Waals surface area (Å²) >= 11 is 4.70. The van der Waals surface area contributed by atoms with Crippen LogP contribution in [-0.4, -0.2) is 31.0 Å². The Morgan fingerprint density at radius 2 is 1.27 bits per heavy atom. The van der Waals surface area contributed by atoms with E-state index < -0.39 is 5.60 Å². The van der Waals surface area contributed by atoms with Crippen molar-refractivity contribution in [1.82, 2.24) is 0 Å². The monoisotopic (exact) mass is 427 g/mol. The number of benzene rings is 2. The van der Waals surface area contributed by atoms with Gasteiger partial charge in [0.15, 0.2) is 0 Å². The van der Waals surface area contributed by atoms with E-state index in [-0.39, 0.29) is 16.5 Å². The van der Waals surface area contributed by atoms with Gasteiger partial charge in [-0.3, -0.25) is 0 Å². The molecule has 0 aliphatic rings. The minimum absolute atomic E-state index is 0.111. The maximum Gasteiger partial charge on any atom is 0.299 e. The van der Waals surface area contributed by atoms with Crippen molar-refractivity contribution in [2.75, 3.05) is 13.2 Å². The molecular weight excluding hydrogens is 391 g/mol. The lowest BCUT2D eigenvalue weighted by molar-refractivity contribution is 0.0460. The third-order valence-electron chi connectivity index (χ3n) is 5.66. The summed E-state index contributed by atoms with van der Waals surface area (Å²) in [5.74, 6) is 0.364. The lowest BCUT2D eigenvalue weighted by Crippen LogP contribution is -2.45. The van der Waals surface area contributed by atoms with E-state index in [1.54, 1.807) is 0 Å². The average molecular weight is 427 g/mol. The van der Waals surface area contributed by atoms with Crippen LogP contribution < -0.4 is 0 Å². The highest BCUT2D eigenvalue weighted by molar-refractivity contribution is 7.81. The molecule has 0 aliphatic heterocycles. The first-order valence-electron chi connectivity index (χ1n) is 10.7. The highest BCUT2D eigenvalue weighted by Gasteiger charge is 2.36. The summed E-state index contributed by atoms with van der Waals surface area (Å²) in [7, 11) is 1.93. The molecule has 2 unspecified atom stereocenters. The largest absolute Gasteiger partial charge is 0.434 e. The Bertz CT molecular complexity index is 716. The lowest BCUT2D eigenvalue weighted by atomic mass is 9.71. The molecule has 5 heteroatoms. The number of hydrogen-bond donors (Lipinski definition) is 1. The van der Waals surface area contributed by atoms with Gasteiger partial charge in [-0.05, 0) is 50.6 Å². The van der Waals surface area contributed by atoms with Crippen molar-refractivity contribution in [2.45, 2.75) is 64.0 Å². The van der Waals surface area contributed by atoms with Gasteiger partial charge in [0.2, 0.25) is 0 Å². The van der Waals surface area contributed by atoms with E-state index in [1.807, 2.05) is 43.9 Å². The third kappa shape index (κ3) is 8.47. The van der Waals surface area contributed by atoms with Crippen molar-refractivity contribution in [3.05, 3.63) is 71.8 Å². The van der Waals surface area contributed by atoms with Crippen LogP contribution in [0.3, 0.4) is 0 Å². The fourth-order valence-electron chi connectivity index (χ4n) is 2.69. The van der Waals surface area contributed by atoms with E-state index in [2.05, 4.69) is 58.9 Å². The Morgan fingerprint density at radius 1 is 0.800 bits per heavy atom. The molecule has 0 saturated heterocycles. The van der Waals surface area contributed by atoms with E-state index in [0.717, 1.165) is 0 Å². The first kappa shape index (κ1) is 25.0. The van der Waals surface area contributed by atoms with Crippen molar-refractivity contribution in [3.63, 3.8) is 0 Å². The van der Waals surface area contributed by atoms with Crippen LogP contribution in [0.15, 0.2) is 60.7 Å². The van der Waals surface area contributed by atoms with Crippen LogP contribution >= 0.6 is 12.6 Å². The van der Waals surface area contributed by atoms with Crippen LogP contribution in [0.25, 0.3) is 0 Å². The normalized spacial score (nSPS) is 14.3. The molecule has 0 N–H and O–H groups in total. The molecule has 2 atom stereocenters. The van der Waals surface area contributed by atoms with Gasteiger partial charge in [0, 0.05) is 18.0 Å². The predicted molar refractivity (Wildman–Crippen MR) is 129 cm³/mol. The fraction of sp³-hybridized carbons (Fsp3) is 0.520. The van der Waals surface area contributed by atoms with E-state index in [0.29, 0.717) is 26.4 Å². The summed E-state index contributed by atoms with van der Waals surface area (Å²) in [6, 6.07) is 20.5. The molecule has 2 aromatic carbocycles. The zero-order chi connectivity index (χ0) is 22.0. The van der Waals surface area contributed by atoms with E-state index in [4.69, 9.17) is 26.8 Å². The van der Waals surface area contributed by atoms with Gasteiger partial charge in [-0.1, -0.05) is 67.6 Å². The Labute approximate surface area is 189 Å². The number of thiol groups is 1. The minimum atomic E-state index is -0.404. The smallest absolute Gasteiger partial charge is 0.299 e. The lowest BCUT2D eigenvalue weighted by Gasteiger charge is -2.39. The van der Waals surface area contributed by atoms with Crippen molar-refractivity contribution >= 4 is 20.1 Å². The molecule has 0 amide bonds. The van der Waals surface area contributed by atoms with Crippen LogP contribution in [0, 0.1) is 5.92 Å². The summed E-state index contributed by atoms with van der Waals surface area (Å²) in [6.07, 6.45) is 0. The second-order valence-electron chi connectivity index (χ2n) is 8.97. The molecule has 0 saturated carbocycles. The molecule has 30 heavy (non-hydrogen) atoms. The second-order valence-corrected chi connectivity index (χ2v) is 10.1. The summed E-state index contributed by atoms with van der Waals surface area (Å²) in [5, 5.41) is 0. The molecule has 3 nitrogen and oxygen atoms in total. The maximum absolute atomic E-state index is 6.21. The average Bonchev–Trinajstić information content (AvgIpc) is 2.71. The molecule has 163 valence electrons. The van der Waals surface area contributed by atoms with Gasteiger partial charge in [-0.15, -0.1) is 0 Å². The molecule has 2 rings (SSSR count). The van der Waals surface area contributed by atoms with Crippen molar-refractivity contribution < 1.29 is 14.1 Å². The summed E-state index contributed by atoms with van der Waals surface area (Å²) in [4.78, 5) is 0. The van der Waals surface area contributed by atoms with Gasteiger partial charge in [0.05, 0.1) is 18.8 Å². The Kier molecular flexibility index (Phi) is 9.96. The zero-order valence-electron chi connectivity index (χ0n) is 19.0. The van der Waals surface area contributed by atoms with Gasteiger partial charge in [0.1, 0.15) is 0 Å². The van der Waals surface area contributed by atoms with Gasteiger partial charge in [-0.2, -0.15) is 12.6 Å². The molecule has 1 radical (unpaired) electrons. The molecule has 0 bridgehead atoms. The van der Waals surface area contributed by atoms with Crippen molar-refractivity contribution in [3.8, 4) is 0 Å². The highest BCUT2D eigenvalue weighted by atomic mass is 32.1. The van der Waals surface area contributed by atoms with Gasteiger partial charge in [-0.25, -0.2) is 0 Å². The zero-order valence-corrected chi connectivity index (χ0v) is 19.9. The minimum Gasteiger partial charge on any atom is -0.434 e. The SMILES string of the molecule is CC(COCc1ccccc1)C([B]OC(C)(C)C(C)(C)S)COCc1ccccc1. The Morgan fingerprint density at radius 3 is 1.73 bits per heavy atom. The van der Waals surface area contributed by atoms with Gasteiger partial charge in [0.25, 0.3) is 7.48 Å². The summed E-state index contributed by atoms with van der Waals surface area (Å²) in [5.41, 5.74) is 1.94. The molecule has 0 spiro atoms. The number of rotatable bonds is 13. The number of hydrogen-bond acceptors (Lipinski definition) is 4. The molecule has 0 heterocycles. The first-order valence-corrected chi connectivity index (χ1v) is 11.1. The fourth-order valence-corrected chi connectivity index (χ4v) is 2.74. The van der Waals surface area contributed by atoms with E-state index in [9.17, 15) is 0 Å². The standard InChI is InChI=1S/C25H36BO3S/c1-20(16-27-17-21-12-8-6-9-13-21)23(26-29-24(2,3)25(4,5)30)19-28-18-22-14-10-7-11-15-22/h6-15,20,23,30H,16-19H2,1-5H3. The van der Waals surface area contributed by atoms with Crippen molar-refractivity contribution in [1.29, 1.82) is 0 Å². The van der Waals surface area contributed by atoms with Gasteiger partial charge < -0.3 is 14.1 Å². The molecule has 2 aromatic rings. The molecule has 0 fully saturated rings. The maximum atomic E-state index is 6.21. The van der Waals surface area contributed by atoms with Crippen molar-refractivity contribution in [2.24, 2.45) is 5.92 Å². The molecule has 0 aliphatic carbocycles. The topological polar surface area (TPSA) is 27.7 Å². The molecular formula is C25H36BO3S. The van der Waals surface area contributed by atoms with E-state index in [1.165, 1.54) is 11.1 Å². The summed E-state index contributed by atoms with van der Waals surface area (Å²) < 4.78 is 17.9. The Balaban J connectivity index is 1.90. The van der Waals surface area contributed by atoms with Crippen LogP contribution in [0.1, 0.15) is 45.7 Å². The quantitative estimate of drug-likeness (QED) is 0.315. The van der Waals surface area contributed by atoms with Crippen LogP contribution in [0.2, 0.25) is 5.82 Å². The number of ether oxygens (including phenoxy) is 2.